The predicted octanol–water partition coefficient (Wildman–Crippen LogP) is 7.82. The van der Waals surface area contributed by atoms with Crippen molar-refractivity contribution in [2.24, 2.45) is 0 Å². The van der Waals surface area contributed by atoms with Crippen LogP contribution in [0, 0.1) is 18.3 Å². The molecule has 1 saturated carbocycles. The number of hydrogen-bond acceptors (Lipinski definition) is 4. The van der Waals surface area contributed by atoms with E-state index in [1.165, 1.54) is 18.3 Å². The molecule has 0 amide bonds. The summed E-state index contributed by atoms with van der Waals surface area (Å²) in [5.41, 5.74) is 4.57. The van der Waals surface area contributed by atoms with Crippen molar-refractivity contribution in [3.05, 3.63) is 71.4 Å². The lowest BCUT2D eigenvalue weighted by Gasteiger charge is -2.30. The van der Waals surface area contributed by atoms with Gasteiger partial charge in [-0.2, -0.15) is 5.26 Å². The number of pyridine rings is 1. The first-order valence-corrected chi connectivity index (χ1v) is 14.0. The third-order valence-corrected chi connectivity index (χ3v) is 8.12. The number of hydrogen-bond donors (Lipinski definition) is 1. The molecule has 9 heteroatoms. The van der Waals surface area contributed by atoms with Crippen LogP contribution in [0.1, 0.15) is 61.8 Å². The lowest BCUT2D eigenvalue weighted by molar-refractivity contribution is 0.147. The summed E-state index contributed by atoms with van der Waals surface area (Å²) in [4.78, 5) is 4.01. The number of ether oxygens (including phenoxy) is 1. The van der Waals surface area contributed by atoms with E-state index in [1.54, 1.807) is 12.1 Å². The van der Waals surface area contributed by atoms with Gasteiger partial charge in [0, 0.05) is 40.7 Å². The van der Waals surface area contributed by atoms with E-state index in [2.05, 4.69) is 20.3 Å². The molecule has 0 bridgehead atoms. The van der Waals surface area contributed by atoms with E-state index in [0.717, 1.165) is 59.1 Å². The monoisotopic (exact) mass is 534 g/mol. The SMILES string of the molecule is CCCS(=O)Nc1ccc(-c2c(C#N)c3ccc(Oc4ncccc4C(F)F)cc3n2C2CCC2)c(C)c1. The third-order valence-electron chi connectivity index (χ3n) is 6.88. The van der Waals surface area contributed by atoms with E-state index in [0.29, 0.717) is 17.1 Å². The molecule has 1 atom stereocenters. The van der Waals surface area contributed by atoms with Crippen LogP contribution in [0.15, 0.2) is 54.7 Å². The van der Waals surface area contributed by atoms with E-state index in [9.17, 15) is 18.3 Å². The molecular weight excluding hydrogens is 506 g/mol. The van der Waals surface area contributed by atoms with Gasteiger partial charge in [-0.15, -0.1) is 0 Å². The van der Waals surface area contributed by atoms with Crippen LogP contribution >= 0.6 is 0 Å². The zero-order chi connectivity index (χ0) is 26.8. The minimum Gasteiger partial charge on any atom is -0.438 e. The summed E-state index contributed by atoms with van der Waals surface area (Å²) in [7, 11) is -1.15. The van der Waals surface area contributed by atoms with Crippen molar-refractivity contribution in [3.63, 3.8) is 0 Å². The number of nitrogens with zero attached hydrogens (tertiary/aromatic N) is 3. The molecule has 4 aromatic rings. The molecule has 1 aliphatic rings. The van der Waals surface area contributed by atoms with Crippen molar-refractivity contribution in [3.8, 4) is 29.0 Å². The molecule has 196 valence electrons. The van der Waals surface area contributed by atoms with Crippen molar-refractivity contribution >= 4 is 27.6 Å². The molecule has 38 heavy (non-hydrogen) atoms. The number of nitriles is 1. The Labute approximate surface area is 222 Å². The second-order valence-corrected chi connectivity index (χ2v) is 10.8. The van der Waals surface area contributed by atoms with Gasteiger partial charge in [-0.3, -0.25) is 0 Å². The summed E-state index contributed by atoms with van der Waals surface area (Å²) in [6.07, 6.45) is 2.59. The topological polar surface area (TPSA) is 79.9 Å². The Morgan fingerprint density at radius 1 is 1.24 bits per heavy atom. The molecule has 1 N–H and O–H groups in total. The molecule has 1 aliphatic carbocycles. The van der Waals surface area contributed by atoms with E-state index in [1.807, 2.05) is 38.1 Å². The van der Waals surface area contributed by atoms with E-state index in [-0.39, 0.29) is 17.5 Å². The summed E-state index contributed by atoms with van der Waals surface area (Å²) >= 11 is 0. The molecule has 0 spiro atoms. The largest absolute Gasteiger partial charge is 0.438 e. The van der Waals surface area contributed by atoms with Crippen LogP contribution in [0.3, 0.4) is 0 Å². The Morgan fingerprint density at radius 2 is 2.05 bits per heavy atom. The van der Waals surface area contributed by atoms with Crippen LogP contribution in [-0.4, -0.2) is 19.5 Å². The average molecular weight is 535 g/mol. The summed E-state index contributed by atoms with van der Waals surface area (Å²) in [6, 6.07) is 16.5. The van der Waals surface area contributed by atoms with Gasteiger partial charge in [0.1, 0.15) is 22.8 Å². The highest BCUT2D eigenvalue weighted by atomic mass is 32.2. The van der Waals surface area contributed by atoms with Crippen molar-refractivity contribution in [1.82, 2.24) is 9.55 Å². The maximum atomic E-state index is 13.5. The zero-order valence-electron chi connectivity index (χ0n) is 21.2. The first kappa shape index (κ1) is 25.9. The Balaban J connectivity index is 1.62. The van der Waals surface area contributed by atoms with Crippen LogP contribution in [-0.2, 0) is 11.0 Å². The van der Waals surface area contributed by atoms with Gasteiger partial charge in [-0.25, -0.2) is 18.0 Å². The van der Waals surface area contributed by atoms with Crippen LogP contribution in [0.25, 0.3) is 22.2 Å². The Morgan fingerprint density at radius 3 is 2.71 bits per heavy atom. The second kappa shape index (κ2) is 10.9. The van der Waals surface area contributed by atoms with Gasteiger partial charge in [0.2, 0.25) is 5.88 Å². The van der Waals surface area contributed by atoms with Crippen molar-refractivity contribution in [2.75, 3.05) is 10.5 Å². The van der Waals surface area contributed by atoms with Crippen LogP contribution in [0.5, 0.6) is 11.6 Å². The van der Waals surface area contributed by atoms with Gasteiger partial charge in [-0.1, -0.05) is 13.0 Å². The van der Waals surface area contributed by atoms with Gasteiger partial charge in [-0.05, 0) is 74.6 Å². The molecule has 0 saturated heterocycles. The number of nitrogens with one attached hydrogen (secondary N) is 1. The number of fused-ring (bicyclic) bond motifs is 1. The summed E-state index contributed by atoms with van der Waals surface area (Å²) in [5.74, 6) is 0.808. The molecule has 5 rings (SSSR count). The molecule has 6 nitrogen and oxygen atoms in total. The molecule has 2 heterocycles. The van der Waals surface area contributed by atoms with Gasteiger partial charge >= 0.3 is 0 Å². The first-order valence-electron chi connectivity index (χ1n) is 12.7. The molecule has 1 fully saturated rings. The Kier molecular flexibility index (Phi) is 7.43. The smallest absolute Gasteiger partial charge is 0.269 e. The van der Waals surface area contributed by atoms with E-state index < -0.39 is 17.4 Å². The Bertz CT molecular complexity index is 1560. The summed E-state index contributed by atoms with van der Waals surface area (Å²) < 4.78 is 50.2. The van der Waals surface area contributed by atoms with Crippen molar-refractivity contribution < 1.29 is 17.7 Å². The molecule has 2 aromatic heterocycles. The van der Waals surface area contributed by atoms with Gasteiger partial charge in [0.25, 0.3) is 6.43 Å². The van der Waals surface area contributed by atoms with E-state index in [4.69, 9.17) is 4.74 Å². The quantitative estimate of drug-likeness (QED) is 0.237. The fraction of sp³-hybridized carbons (Fsp3) is 0.310. The van der Waals surface area contributed by atoms with E-state index >= 15 is 0 Å². The Hall–Kier alpha value is -3.77. The number of aromatic nitrogens is 2. The number of anilines is 1. The average Bonchev–Trinajstić information content (AvgIpc) is 3.16. The lowest BCUT2D eigenvalue weighted by atomic mass is 9.91. The molecular formula is C29H28F2N4O2S. The zero-order valence-corrected chi connectivity index (χ0v) is 22.0. The standard InChI is InChI=1S/C29H28F2N4O2S/c1-3-14-38(36)34-19-9-11-22(18(2)15-19)27-25(17-32)23-12-10-21(16-26(23)35(27)20-6-4-7-20)37-29-24(28(30)31)8-5-13-33-29/h5,8-13,15-16,20,28,34H,3-4,6-7,14H2,1-2H3. The lowest BCUT2D eigenvalue weighted by Crippen LogP contribution is -2.18. The van der Waals surface area contributed by atoms with Gasteiger partial charge < -0.3 is 14.0 Å². The summed E-state index contributed by atoms with van der Waals surface area (Å²) in [6.45, 7) is 3.97. The predicted molar refractivity (Wildman–Crippen MR) is 146 cm³/mol. The summed E-state index contributed by atoms with van der Waals surface area (Å²) in [5, 5.41) is 11.0. The van der Waals surface area contributed by atoms with Gasteiger partial charge in [0.15, 0.2) is 0 Å². The van der Waals surface area contributed by atoms with Gasteiger partial charge in [0.05, 0.1) is 22.3 Å². The third kappa shape index (κ3) is 4.88. The van der Waals surface area contributed by atoms with Crippen LogP contribution < -0.4 is 9.46 Å². The minimum absolute atomic E-state index is 0.135. The highest BCUT2D eigenvalue weighted by molar-refractivity contribution is 7.86. The molecule has 0 radical (unpaired) electrons. The highest BCUT2D eigenvalue weighted by Gasteiger charge is 2.29. The van der Waals surface area contributed by atoms with Crippen molar-refractivity contribution in [2.45, 2.75) is 52.0 Å². The maximum absolute atomic E-state index is 13.5. The molecule has 1 unspecified atom stereocenters. The maximum Gasteiger partial charge on any atom is 0.269 e. The number of alkyl halides is 2. The van der Waals surface area contributed by atoms with Crippen molar-refractivity contribution in [1.29, 1.82) is 5.26 Å². The number of halogens is 2. The normalized spacial score (nSPS) is 14.3. The number of benzene rings is 2. The molecule has 2 aromatic carbocycles. The minimum atomic E-state index is -2.71. The van der Waals surface area contributed by atoms with Crippen LogP contribution in [0.2, 0.25) is 0 Å². The molecule has 0 aliphatic heterocycles. The fourth-order valence-electron chi connectivity index (χ4n) is 4.88. The fourth-order valence-corrected chi connectivity index (χ4v) is 5.75. The number of rotatable bonds is 9. The first-order chi connectivity index (χ1) is 18.4. The van der Waals surface area contributed by atoms with Crippen LogP contribution in [0.4, 0.5) is 14.5 Å². The number of aryl methyl sites for hydroxylation is 1. The second-order valence-electron chi connectivity index (χ2n) is 9.45. The highest BCUT2D eigenvalue weighted by Crippen LogP contribution is 2.44.